The van der Waals surface area contributed by atoms with Gasteiger partial charge in [0.25, 0.3) is 0 Å². The Morgan fingerprint density at radius 2 is 2.08 bits per heavy atom. The van der Waals surface area contributed by atoms with Gasteiger partial charge in [0.05, 0.1) is 0 Å². The van der Waals surface area contributed by atoms with Crippen molar-refractivity contribution in [3.05, 3.63) is 4.91 Å². The molecule has 0 unspecified atom stereocenters. The average molecular weight is 187 g/mol. The lowest BCUT2D eigenvalue weighted by atomic mass is 10.1. The van der Waals surface area contributed by atoms with E-state index in [-0.39, 0.29) is 12.6 Å². The van der Waals surface area contributed by atoms with E-state index in [4.69, 9.17) is 4.74 Å². The molecule has 4 heteroatoms. The Hall–Kier alpha value is -0.930. The summed E-state index contributed by atoms with van der Waals surface area (Å²) in [6, 6.07) is 0. The van der Waals surface area contributed by atoms with Crippen molar-refractivity contribution in [3.63, 3.8) is 0 Å². The predicted octanol–water partition coefficient (Wildman–Crippen LogP) is 2.26. The molecule has 0 amide bonds. The molecule has 0 fully saturated rings. The van der Waals surface area contributed by atoms with Gasteiger partial charge in [-0.15, -0.1) is 0 Å². The molecule has 0 spiro atoms. The highest BCUT2D eigenvalue weighted by Gasteiger charge is 2.20. The fourth-order valence-corrected chi connectivity index (χ4v) is 0.677. The van der Waals surface area contributed by atoms with Crippen LogP contribution in [0.15, 0.2) is 5.18 Å². The summed E-state index contributed by atoms with van der Waals surface area (Å²) in [6.07, 6.45) is 2.21. The molecule has 0 aliphatic heterocycles. The van der Waals surface area contributed by atoms with Crippen molar-refractivity contribution in [1.82, 2.24) is 0 Å². The number of esters is 1. The molecule has 0 N–H and O–H groups in total. The van der Waals surface area contributed by atoms with Gasteiger partial charge < -0.3 is 4.74 Å². The summed E-state index contributed by atoms with van der Waals surface area (Å²) < 4.78 is 4.87. The van der Waals surface area contributed by atoms with Gasteiger partial charge in [0.2, 0.25) is 0 Å². The van der Waals surface area contributed by atoms with Crippen LogP contribution in [0.1, 0.15) is 40.0 Å². The molecule has 0 aromatic rings. The van der Waals surface area contributed by atoms with Crippen molar-refractivity contribution in [2.45, 2.75) is 45.6 Å². The minimum Gasteiger partial charge on any atom is -0.463 e. The standard InChI is InChI=1S/C9H17NO3/c1-4-5-6-8(11)13-7-9(2,3)10-12/h4-7H2,1-3H3. The highest BCUT2D eigenvalue weighted by Crippen LogP contribution is 2.09. The lowest BCUT2D eigenvalue weighted by molar-refractivity contribution is -0.145. The number of hydrogen-bond donors (Lipinski definition) is 0. The molecular formula is C9H17NO3. The van der Waals surface area contributed by atoms with E-state index in [1.165, 1.54) is 0 Å². The van der Waals surface area contributed by atoms with Gasteiger partial charge >= 0.3 is 5.97 Å². The molecule has 0 aromatic heterocycles. The quantitative estimate of drug-likeness (QED) is 0.473. The Kier molecular flexibility index (Phi) is 5.26. The van der Waals surface area contributed by atoms with Gasteiger partial charge in [0.15, 0.2) is 0 Å². The fourth-order valence-electron chi connectivity index (χ4n) is 0.677. The van der Waals surface area contributed by atoms with Crippen molar-refractivity contribution in [2.75, 3.05) is 6.61 Å². The maximum absolute atomic E-state index is 11.0. The van der Waals surface area contributed by atoms with Crippen LogP contribution in [0.3, 0.4) is 0 Å². The third-order valence-electron chi connectivity index (χ3n) is 1.57. The lowest BCUT2D eigenvalue weighted by Crippen LogP contribution is -2.25. The number of nitroso groups, excluding NO2 is 1. The summed E-state index contributed by atoms with van der Waals surface area (Å²) in [5, 5.41) is 2.85. The maximum Gasteiger partial charge on any atom is 0.305 e. The number of hydrogen-bond acceptors (Lipinski definition) is 4. The largest absolute Gasteiger partial charge is 0.463 e. The van der Waals surface area contributed by atoms with Gasteiger partial charge in [0.1, 0.15) is 12.1 Å². The Balaban J connectivity index is 3.63. The van der Waals surface area contributed by atoms with Crippen LogP contribution in [0, 0.1) is 4.91 Å². The summed E-state index contributed by atoms with van der Waals surface area (Å²) in [4.78, 5) is 21.2. The molecule has 0 heterocycles. The zero-order valence-corrected chi connectivity index (χ0v) is 8.50. The molecule has 0 aliphatic rings. The van der Waals surface area contributed by atoms with E-state index in [1.807, 2.05) is 6.92 Å². The first kappa shape index (κ1) is 12.1. The molecule has 76 valence electrons. The zero-order chi connectivity index (χ0) is 10.3. The molecule has 4 nitrogen and oxygen atoms in total. The van der Waals surface area contributed by atoms with Crippen LogP contribution < -0.4 is 0 Å². The van der Waals surface area contributed by atoms with Crippen LogP contribution in [0.2, 0.25) is 0 Å². The molecule has 0 saturated carbocycles. The smallest absolute Gasteiger partial charge is 0.305 e. The highest BCUT2D eigenvalue weighted by atomic mass is 16.5. The number of ether oxygens (including phenoxy) is 1. The minimum absolute atomic E-state index is 0.0685. The van der Waals surface area contributed by atoms with E-state index in [0.717, 1.165) is 12.8 Å². The lowest BCUT2D eigenvalue weighted by Gasteiger charge is -2.14. The molecule has 0 atom stereocenters. The van der Waals surface area contributed by atoms with E-state index in [2.05, 4.69) is 5.18 Å². The Bertz CT molecular complexity index is 178. The Labute approximate surface area is 78.6 Å². The van der Waals surface area contributed by atoms with E-state index in [0.29, 0.717) is 6.42 Å². The average Bonchev–Trinajstić information content (AvgIpc) is 2.11. The van der Waals surface area contributed by atoms with Crippen molar-refractivity contribution in [2.24, 2.45) is 5.18 Å². The molecule has 0 aromatic carbocycles. The summed E-state index contributed by atoms with van der Waals surface area (Å²) in [6.45, 7) is 5.34. The topological polar surface area (TPSA) is 55.7 Å². The SMILES string of the molecule is CCCCC(=O)OCC(C)(C)N=O. The summed E-state index contributed by atoms with van der Waals surface area (Å²) in [5.41, 5.74) is -0.804. The van der Waals surface area contributed by atoms with E-state index < -0.39 is 5.54 Å². The van der Waals surface area contributed by atoms with Crippen LogP contribution in [0.5, 0.6) is 0 Å². The second kappa shape index (κ2) is 5.67. The predicted molar refractivity (Wildman–Crippen MR) is 50.4 cm³/mol. The van der Waals surface area contributed by atoms with Crippen LogP contribution in [0.4, 0.5) is 0 Å². The zero-order valence-electron chi connectivity index (χ0n) is 8.50. The van der Waals surface area contributed by atoms with Crippen molar-refractivity contribution < 1.29 is 9.53 Å². The van der Waals surface area contributed by atoms with Crippen molar-refractivity contribution in [1.29, 1.82) is 0 Å². The van der Waals surface area contributed by atoms with Gasteiger partial charge in [-0.25, -0.2) is 0 Å². The van der Waals surface area contributed by atoms with Crippen LogP contribution in [-0.4, -0.2) is 18.1 Å². The van der Waals surface area contributed by atoms with Gasteiger partial charge in [-0.1, -0.05) is 18.5 Å². The van der Waals surface area contributed by atoms with Gasteiger partial charge in [0, 0.05) is 6.42 Å². The molecule has 0 aliphatic carbocycles. The number of rotatable bonds is 6. The third-order valence-corrected chi connectivity index (χ3v) is 1.57. The van der Waals surface area contributed by atoms with Crippen molar-refractivity contribution in [3.8, 4) is 0 Å². The van der Waals surface area contributed by atoms with E-state index >= 15 is 0 Å². The Morgan fingerprint density at radius 3 is 2.54 bits per heavy atom. The number of nitrogens with zero attached hydrogens (tertiary/aromatic N) is 1. The normalized spacial score (nSPS) is 11.0. The number of carbonyl (C=O) groups is 1. The molecule has 0 radical (unpaired) electrons. The number of carbonyl (C=O) groups excluding carboxylic acids is 1. The van der Waals surface area contributed by atoms with Gasteiger partial charge in [-0.2, -0.15) is 4.91 Å². The first-order chi connectivity index (χ1) is 6.02. The summed E-state index contributed by atoms with van der Waals surface area (Å²) in [7, 11) is 0. The van der Waals surface area contributed by atoms with E-state index in [1.54, 1.807) is 13.8 Å². The maximum atomic E-state index is 11.0. The van der Waals surface area contributed by atoms with E-state index in [9.17, 15) is 9.70 Å². The first-order valence-corrected chi connectivity index (χ1v) is 4.52. The van der Waals surface area contributed by atoms with Gasteiger partial charge in [-0.05, 0) is 20.3 Å². The van der Waals surface area contributed by atoms with Crippen LogP contribution in [-0.2, 0) is 9.53 Å². The van der Waals surface area contributed by atoms with Crippen LogP contribution in [0.25, 0.3) is 0 Å². The monoisotopic (exact) mass is 187 g/mol. The molecule has 0 saturated heterocycles. The Morgan fingerprint density at radius 1 is 1.46 bits per heavy atom. The number of unbranched alkanes of at least 4 members (excludes halogenated alkanes) is 1. The fraction of sp³-hybridized carbons (Fsp3) is 0.889. The van der Waals surface area contributed by atoms with Crippen molar-refractivity contribution >= 4 is 5.97 Å². The second-order valence-corrected chi connectivity index (χ2v) is 3.67. The molecule has 0 bridgehead atoms. The summed E-state index contributed by atoms with van der Waals surface area (Å²) in [5.74, 6) is -0.251. The molecule has 13 heavy (non-hydrogen) atoms. The van der Waals surface area contributed by atoms with Gasteiger partial charge in [-0.3, -0.25) is 4.79 Å². The first-order valence-electron chi connectivity index (χ1n) is 4.52. The van der Waals surface area contributed by atoms with Crippen LogP contribution >= 0.6 is 0 Å². The minimum atomic E-state index is -0.804. The second-order valence-electron chi connectivity index (χ2n) is 3.67. The third kappa shape index (κ3) is 6.25. The molecular weight excluding hydrogens is 170 g/mol. The molecule has 0 rings (SSSR count). The summed E-state index contributed by atoms with van der Waals surface area (Å²) >= 11 is 0. The highest BCUT2D eigenvalue weighted by molar-refractivity contribution is 5.69.